The van der Waals surface area contributed by atoms with E-state index < -0.39 is 0 Å². The molecule has 0 spiro atoms. The number of anilines is 1. The first kappa shape index (κ1) is 18.3. The minimum Gasteiger partial charge on any atom is -0.377 e. The number of rotatable bonds is 9. The molecule has 0 radical (unpaired) electrons. The summed E-state index contributed by atoms with van der Waals surface area (Å²) in [7, 11) is 0. The second kappa shape index (κ2) is 9.85. The van der Waals surface area contributed by atoms with Crippen molar-refractivity contribution < 1.29 is 4.74 Å². The van der Waals surface area contributed by atoms with Crippen LogP contribution in [-0.4, -0.2) is 17.8 Å². The highest BCUT2D eigenvalue weighted by Crippen LogP contribution is 2.24. The first-order chi connectivity index (χ1) is 12.8. The number of nitrogens with one attached hydrogen (secondary N) is 1. The van der Waals surface area contributed by atoms with Crippen LogP contribution in [0.1, 0.15) is 30.9 Å². The summed E-state index contributed by atoms with van der Waals surface area (Å²) in [6, 6.07) is 18.3. The van der Waals surface area contributed by atoms with Crippen LogP contribution in [0.2, 0.25) is 0 Å². The van der Waals surface area contributed by atoms with Crippen molar-refractivity contribution in [3.8, 4) is 11.3 Å². The van der Waals surface area contributed by atoms with E-state index in [-0.39, 0.29) is 0 Å². The van der Waals surface area contributed by atoms with Gasteiger partial charge in [-0.05, 0) is 23.6 Å². The van der Waals surface area contributed by atoms with Crippen molar-refractivity contribution in [1.82, 2.24) is 4.98 Å². The van der Waals surface area contributed by atoms with E-state index in [4.69, 9.17) is 4.74 Å². The fourth-order valence-corrected chi connectivity index (χ4v) is 3.10. The molecule has 0 aliphatic rings. The zero-order chi connectivity index (χ0) is 18.0. The van der Waals surface area contributed by atoms with Crippen molar-refractivity contribution in [2.24, 2.45) is 5.10 Å². The number of benzene rings is 2. The highest BCUT2D eigenvalue weighted by atomic mass is 32.1. The van der Waals surface area contributed by atoms with Gasteiger partial charge < -0.3 is 4.74 Å². The van der Waals surface area contributed by atoms with Crippen LogP contribution in [0.5, 0.6) is 0 Å². The van der Waals surface area contributed by atoms with Gasteiger partial charge in [-0.2, -0.15) is 5.10 Å². The van der Waals surface area contributed by atoms with Crippen molar-refractivity contribution in [3.63, 3.8) is 0 Å². The minimum atomic E-state index is 0.641. The maximum Gasteiger partial charge on any atom is 0.203 e. The van der Waals surface area contributed by atoms with Crippen LogP contribution in [0.25, 0.3) is 11.3 Å². The molecular formula is C21H23N3OS. The van der Waals surface area contributed by atoms with Gasteiger partial charge in [0.25, 0.3) is 0 Å². The molecule has 0 fully saturated rings. The van der Waals surface area contributed by atoms with Crippen LogP contribution in [0, 0.1) is 0 Å². The maximum absolute atomic E-state index is 5.67. The summed E-state index contributed by atoms with van der Waals surface area (Å²) in [5.74, 6) is 0. The Bertz CT molecular complexity index is 830. The summed E-state index contributed by atoms with van der Waals surface area (Å²) in [6.07, 6.45) is 4.06. The lowest BCUT2D eigenvalue weighted by Crippen LogP contribution is -1.96. The third kappa shape index (κ3) is 5.51. The predicted molar refractivity (Wildman–Crippen MR) is 110 cm³/mol. The van der Waals surface area contributed by atoms with E-state index in [9.17, 15) is 0 Å². The molecule has 1 heterocycles. The number of ether oxygens (including phenoxy) is 1. The van der Waals surface area contributed by atoms with Crippen molar-refractivity contribution >= 4 is 22.7 Å². The Morgan fingerprint density at radius 3 is 2.88 bits per heavy atom. The number of hydrogen-bond donors (Lipinski definition) is 1. The van der Waals surface area contributed by atoms with E-state index in [2.05, 4.69) is 46.7 Å². The van der Waals surface area contributed by atoms with Crippen LogP contribution in [0.4, 0.5) is 5.13 Å². The number of thiazole rings is 1. The molecule has 26 heavy (non-hydrogen) atoms. The summed E-state index contributed by atoms with van der Waals surface area (Å²) in [5, 5.41) is 7.11. The van der Waals surface area contributed by atoms with E-state index in [0.29, 0.717) is 6.61 Å². The molecule has 4 nitrogen and oxygen atoms in total. The Morgan fingerprint density at radius 2 is 2.04 bits per heavy atom. The average Bonchev–Trinajstić information content (AvgIpc) is 3.15. The molecule has 1 aromatic heterocycles. The third-order valence-corrected chi connectivity index (χ3v) is 4.56. The van der Waals surface area contributed by atoms with Crippen molar-refractivity contribution in [3.05, 3.63) is 71.1 Å². The molecule has 0 aliphatic carbocycles. The summed E-state index contributed by atoms with van der Waals surface area (Å²) >= 11 is 1.54. The predicted octanol–water partition coefficient (Wildman–Crippen LogP) is 5.57. The van der Waals surface area contributed by atoms with Gasteiger partial charge in [-0.3, -0.25) is 5.43 Å². The van der Waals surface area contributed by atoms with Gasteiger partial charge >= 0.3 is 0 Å². The highest BCUT2D eigenvalue weighted by Gasteiger charge is 2.02. The summed E-state index contributed by atoms with van der Waals surface area (Å²) < 4.78 is 5.67. The molecule has 0 saturated heterocycles. The monoisotopic (exact) mass is 365 g/mol. The van der Waals surface area contributed by atoms with E-state index in [0.717, 1.165) is 47.0 Å². The van der Waals surface area contributed by atoms with Gasteiger partial charge in [-0.15, -0.1) is 11.3 Å². The van der Waals surface area contributed by atoms with Gasteiger partial charge in [-0.1, -0.05) is 61.9 Å². The van der Waals surface area contributed by atoms with Crippen LogP contribution in [-0.2, 0) is 11.3 Å². The summed E-state index contributed by atoms with van der Waals surface area (Å²) in [6.45, 7) is 3.62. The molecular weight excluding hydrogens is 342 g/mol. The van der Waals surface area contributed by atoms with E-state index in [1.807, 2.05) is 35.7 Å². The highest BCUT2D eigenvalue weighted by molar-refractivity contribution is 7.14. The van der Waals surface area contributed by atoms with Gasteiger partial charge in [0.05, 0.1) is 18.5 Å². The second-order valence-electron chi connectivity index (χ2n) is 5.93. The van der Waals surface area contributed by atoms with Gasteiger partial charge in [0.1, 0.15) is 0 Å². The molecule has 0 atom stereocenters. The van der Waals surface area contributed by atoms with Gasteiger partial charge in [0, 0.05) is 17.6 Å². The van der Waals surface area contributed by atoms with Crippen molar-refractivity contribution in [2.75, 3.05) is 12.0 Å². The molecule has 3 rings (SSSR count). The Labute approximate surface area is 158 Å². The van der Waals surface area contributed by atoms with E-state index in [1.54, 1.807) is 17.6 Å². The number of unbranched alkanes of at least 4 members (excludes halogenated alkanes) is 1. The third-order valence-electron chi connectivity index (χ3n) is 3.81. The molecule has 0 saturated carbocycles. The lowest BCUT2D eigenvalue weighted by molar-refractivity contribution is 0.118. The summed E-state index contributed by atoms with van der Waals surface area (Å²) in [5.41, 5.74) is 7.27. The number of hydrazone groups is 1. The molecule has 0 unspecified atom stereocenters. The van der Waals surface area contributed by atoms with Crippen LogP contribution < -0.4 is 5.43 Å². The fourth-order valence-electron chi connectivity index (χ4n) is 2.43. The standard InChI is InChI=1S/C21H23N3OS/c1-2-3-12-25-15-18-9-7-8-17(13-18)14-22-24-21-23-20(16-26-21)19-10-5-4-6-11-19/h4-11,13-14,16H,2-3,12,15H2,1H3,(H,23,24). The van der Waals surface area contributed by atoms with Crippen LogP contribution >= 0.6 is 11.3 Å². The minimum absolute atomic E-state index is 0.641. The normalized spacial score (nSPS) is 11.1. The number of nitrogens with zero attached hydrogens (tertiary/aromatic N) is 2. The lowest BCUT2D eigenvalue weighted by Gasteiger charge is -2.04. The van der Waals surface area contributed by atoms with Crippen molar-refractivity contribution in [2.45, 2.75) is 26.4 Å². The topological polar surface area (TPSA) is 46.5 Å². The maximum atomic E-state index is 5.67. The molecule has 0 aliphatic heterocycles. The molecule has 0 bridgehead atoms. The van der Waals surface area contributed by atoms with Crippen LogP contribution in [0.15, 0.2) is 65.1 Å². The average molecular weight is 366 g/mol. The Hall–Kier alpha value is -2.50. The first-order valence-corrected chi connectivity index (χ1v) is 9.70. The molecule has 5 heteroatoms. The second-order valence-corrected chi connectivity index (χ2v) is 6.78. The van der Waals surface area contributed by atoms with Gasteiger partial charge in [-0.25, -0.2) is 4.98 Å². The molecule has 134 valence electrons. The van der Waals surface area contributed by atoms with Crippen molar-refractivity contribution in [1.29, 1.82) is 0 Å². The number of aromatic nitrogens is 1. The van der Waals surface area contributed by atoms with Gasteiger partial charge in [0.2, 0.25) is 5.13 Å². The Kier molecular flexibility index (Phi) is 6.93. The Balaban J connectivity index is 1.55. The van der Waals surface area contributed by atoms with Crippen LogP contribution in [0.3, 0.4) is 0 Å². The SMILES string of the molecule is CCCCOCc1cccc(C=NNc2nc(-c3ccccc3)cs2)c1. The zero-order valence-corrected chi connectivity index (χ0v) is 15.7. The molecule has 0 amide bonds. The van der Waals surface area contributed by atoms with Gasteiger partial charge in [0.15, 0.2) is 0 Å². The smallest absolute Gasteiger partial charge is 0.203 e. The largest absolute Gasteiger partial charge is 0.377 e. The lowest BCUT2D eigenvalue weighted by atomic mass is 10.1. The molecule has 2 aromatic carbocycles. The fraction of sp³-hybridized carbons (Fsp3) is 0.238. The first-order valence-electron chi connectivity index (χ1n) is 8.82. The molecule has 3 aromatic rings. The Morgan fingerprint density at radius 1 is 1.15 bits per heavy atom. The zero-order valence-electron chi connectivity index (χ0n) is 14.9. The number of hydrogen-bond acceptors (Lipinski definition) is 5. The quantitative estimate of drug-likeness (QED) is 0.306. The van der Waals surface area contributed by atoms with E-state index >= 15 is 0 Å². The van der Waals surface area contributed by atoms with E-state index in [1.165, 1.54) is 0 Å². The molecule has 1 N–H and O–H groups in total. The summed E-state index contributed by atoms with van der Waals surface area (Å²) in [4.78, 5) is 4.56.